The van der Waals surface area contributed by atoms with E-state index in [-0.39, 0.29) is 12.5 Å². The minimum Gasteiger partial charge on any atom is -0.504 e. The van der Waals surface area contributed by atoms with Crippen LogP contribution in [-0.2, 0) is 0 Å². The number of fused-ring (bicyclic) bond motifs is 5. The van der Waals surface area contributed by atoms with E-state index in [4.69, 9.17) is 14.2 Å². The fourth-order valence-corrected chi connectivity index (χ4v) is 3.64. The van der Waals surface area contributed by atoms with Crippen LogP contribution in [0.2, 0.25) is 0 Å². The first-order valence-electron chi connectivity index (χ1n) is 8.04. The van der Waals surface area contributed by atoms with Gasteiger partial charge in [0.1, 0.15) is 0 Å². The maximum Gasteiger partial charge on any atom is 0.231 e. The van der Waals surface area contributed by atoms with E-state index in [1.807, 2.05) is 37.4 Å². The van der Waals surface area contributed by atoms with Gasteiger partial charge in [0.15, 0.2) is 34.9 Å². The Labute approximate surface area is 143 Å². The van der Waals surface area contributed by atoms with Crippen LogP contribution >= 0.6 is 0 Å². The van der Waals surface area contributed by atoms with Crippen molar-refractivity contribution in [3.05, 3.63) is 48.3 Å². The fraction of sp³-hybridized carbons (Fsp3) is 0.150. The summed E-state index contributed by atoms with van der Waals surface area (Å²) in [5.41, 5.74) is 1.99. The molecule has 4 aromatic rings. The lowest BCUT2D eigenvalue weighted by atomic mass is 10.0. The minimum absolute atomic E-state index is 0.165. The molecule has 0 unspecified atom stereocenters. The molecule has 0 radical (unpaired) electrons. The van der Waals surface area contributed by atoms with Gasteiger partial charge in [-0.15, -0.1) is 0 Å². The number of ether oxygens (including phenoxy) is 3. The van der Waals surface area contributed by atoms with Crippen molar-refractivity contribution >= 4 is 27.1 Å². The van der Waals surface area contributed by atoms with Crippen LogP contribution in [-0.4, -0.2) is 19.0 Å². The topological polar surface area (TPSA) is 52.0 Å². The second-order valence-corrected chi connectivity index (χ2v) is 6.17. The predicted octanol–water partition coefficient (Wildman–Crippen LogP) is 3.48. The molecule has 5 nitrogen and oxygen atoms in total. The van der Waals surface area contributed by atoms with E-state index in [1.54, 1.807) is 13.2 Å². The molecule has 0 bridgehead atoms. The highest BCUT2D eigenvalue weighted by Crippen LogP contribution is 2.39. The highest BCUT2D eigenvalue weighted by atomic mass is 16.7. The first-order valence-corrected chi connectivity index (χ1v) is 8.04. The molecule has 0 amide bonds. The second kappa shape index (κ2) is 4.89. The van der Waals surface area contributed by atoms with Crippen LogP contribution in [0, 0.1) is 6.92 Å². The molecule has 25 heavy (non-hydrogen) atoms. The summed E-state index contributed by atoms with van der Waals surface area (Å²) in [6, 6.07) is 11.9. The number of nitrogens with zero attached hydrogens (tertiary/aromatic N) is 1. The van der Waals surface area contributed by atoms with Gasteiger partial charge in [-0.2, -0.15) is 4.40 Å². The summed E-state index contributed by atoms with van der Waals surface area (Å²) >= 11 is 0. The lowest BCUT2D eigenvalue weighted by molar-refractivity contribution is -0.516. The van der Waals surface area contributed by atoms with Gasteiger partial charge in [0, 0.05) is 19.1 Å². The highest BCUT2D eigenvalue weighted by molar-refractivity contribution is 6.01. The number of pyridine rings is 2. The Morgan fingerprint density at radius 2 is 1.84 bits per heavy atom. The van der Waals surface area contributed by atoms with E-state index in [0.29, 0.717) is 5.75 Å². The molecule has 5 heteroatoms. The third-order valence-corrected chi connectivity index (χ3v) is 4.89. The van der Waals surface area contributed by atoms with Gasteiger partial charge in [0.2, 0.25) is 12.3 Å². The zero-order valence-corrected chi connectivity index (χ0v) is 13.9. The van der Waals surface area contributed by atoms with Crippen LogP contribution < -0.4 is 18.6 Å². The Hall–Kier alpha value is -3.21. The van der Waals surface area contributed by atoms with Crippen molar-refractivity contribution < 1.29 is 23.7 Å². The first-order chi connectivity index (χ1) is 12.2. The number of aryl methyl sites for hydroxylation is 1. The average Bonchev–Trinajstić information content (AvgIpc) is 3.07. The van der Waals surface area contributed by atoms with Gasteiger partial charge in [0.05, 0.1) is 17.9 Å². The highest BCUT2D eigenvalue weighted by Gasteiger charge is 2.22. The lowest BCUT2D eigenvalue weighted by Gasteiger charge is -2.09. The molecule has 2 aromatic heterocycles. The van der Waals surface area contributed by atoms with Gasteiger partial charge in [-0.25, -0.2) is 0 Å². The van der Waals surface area contributed by atoms with Crippen molar-refractivity contribution in [2.75, 3.05) is 13.9 Å². The number of hydrogen-bond donors (Lipinski definition) is 1. The van der Waals surface area contributed by atoms with E-state index < -0.39 is 0 Å². The molecule has 1 N–H and O–H groups in total. The summed E-state index contributed by atoms with van der Waals surface area (Å²) in [5, 5.41) is 14.5. The van der Waals surface area contributed by atoms with Crippen LogP contribution in [0.4, 0.5) is 0 Å². The summed E-state index contributed by atoms with van der Waals surface area (Å²) in [5.74, 6) is 2.17. The standard InChI is InChI=1S/C20H15NO4/c1-11-19-13(3-4-16(23-2)20(19)22)7-15-14-9-18-17(24-10-25-18)8-12(14)5-6-21(11)15/h3-9H,10H2,1-2H3/p+1. The quantitative estimate of drug-likeness (QED) is 0.329. The van der Waals surface area contributed by atoms with Crippen LogP contribution in [0.25, 0.3) is 27.1 Å². The van der Waals surface area contributed by atoms with Crippen molar-refractivity contribution in [3.63, 3.8) is 0 Å². The van der Waals surface area contributed by atoms with Crippen molar-refractivity contribution in [2.45, 2.75) is 6.92 Å². The fourth-order valence-electron chi connectivity index (χ4n) is 3.64. The van der Waals surface area contributed by atoms with E-state index >= 15 is 0 Å². The third-order valence-electron chi connectivity index (χ3n) is 4.89. The molecular formula is C20H16NO4+. The molecule has 0 saturated heterocycles. The van der Waals surface area contributed by atoms with E-state index in [2.05, 4.69) is 10.5 Å². The number of aromatic hydroxyl groups is 1. The van der Waals surface area contributed by atoms with Crippen molar-refractivity contribution in [1.82, 2.24) is 0 Å². The summed E-state index contributed by atoms with van der Waals surface area (Å²) in [6.45, 7) is 2.25. The van der Waals surface area contributed by atoms with Crippen molar-refractivity contribution in [1.29, 1.82) is 0 Å². The average molecular weight is 334 g/mol. The second-order valence-electron chi connectivity index (χ2n) is 6.17. The summed E-state index contributed by atoms with van der Waals surface area (Å²) < 4.78 is 18.3. The van der Waals surface area contributed by atoms with Gasteiger partial charge < -0.3 is 19.3 Å². The first kappa shape index (κ1) is 14.2. The number of rotatable bonds is 1. The summed E-state index contributed by atoms with van der Waals surface area (Å²) in [7, 11) is 1.56. The summed E-state index contributed by atoms with van der Waals surface area (Å²) in [6.07, 6.45) is 2.01. The van der Waals surface area contributed by atoms with E-state index in [9.17, 15) is 5.11 Å². The van der Waals surface area contributed by atoms with Gasteiger partial charge in [-0.1, -0.05) is 0 Å². The van der Waals surface area contributed by atoms with Crippen molar-refractivity contribution in [3.8, 4) is 23.0 Å². The SMILES string of the molecule is COc1ccc2cc3c4cc5c(cc4cc[n+]3c(C)c2c1O)OCO5. The Kier molecular flexibility index (Phi) is 2.77. The molecule has 3 heterocycles. The van der Waals surface area contributed by atoms with Crippen LogP contribution in [0.1, 0.15) is 5.69 Å². The minimum atomic E-state index is 0.165. The number of aromatic nitrogens is 1. The van der Waals surface area contributed by atoms with Crippen LogP contribution in [0.15, 0.2) is 42.6 Å². The number of benzene rings is 2. The maximum absolute atomic E-state index is 10.6. The number of hydrogen-bond acceptors (Lipinski definition) is 4. The molecule has 0 saturated carbocycles. The Morgan fingerprint density at radius 1 is 1.04 bits per heavy atom. The third kappa shape index (κ3) is 1.86. The smallest absolute Gasteiger partial charge is 0.231 e. The Bertz CT molecular complexity index is 1180. The molecular weight excluding hydrogens is 318 g/mol. The van der Waals surface area contributed by atoms with E-state index in [0.717, 1.165) is 44.3 Å². The molecule has 1 aliphatic heterocycles. The Morgan fingerprint density at radius 3 is 2.64 bits per heavy atom. The molecule has 0 spiro atoms. The molecule has 2 aromatic carbocycles. The molecule has 0 fully saturated rings. The van der Waals surface area contributed by atoms with Crippen LogP contribution in [0.3, 0.4) is 0 Å². The molecule has 5 rings (SSSR count). The Balaban J connectivity index is 1.94. The monoisotopic (exact) mass is 334 g/mol. The number of phenolic OH excluding ortho intramolecular Hbond substituents is 1. The molecule has 124 valence electrons. The molecule has 0 atom stereocenters. The zero-order chi connectivity index (χ0) is 17.1. The largest absolute Gasteiger partial charge is 0.504 e. The maximum atomic E-state index is 10.6. The molecule has 1 aliphatic rings. The van der Waals surface area contributed by atoms with Gasteiger partial charge in [-0.05, 0) is 35.0 Å². The predicted molar refractivity (Wildman–Crippen MR) is 93.7 cm³/mol. The molecule has 0 aliphatic carbocycles. The van der Waals surface area contributed by atoms with Crippen LogP contribution in [0.5, 0.6) is 23.0 Å². The van der Waals surface area contributed by atoms with Gasteiger partial charge in [-0.3, -0.25) is 0 Å². The van der Waals surface area contributed by atoms with Gasteiger partial charge >= 0.3 is 0 Å². The van der Waals surface area contributed by atoms with Gasteiger partial charge in [0.25, 0.3) is 0 Å². The lowest BCUT2D eigenvalue weighted by Crippen LogP contribution is -2.25. The summed E-state index contributed by atoms with van der Waals surface area (Å²) in [4.78, 5) is 0. The number of methoxy groups -OCH3 is 1. The number of phenols is 1. The van der Waals surface area contributed by atoms with E-state index in [1.165, 1.54) is 0 Å². The normalized spacial score (nSPS) is 13.0. The zero-order valence-electron chi connectivity index (χ0n) is 13.9. The van der Waals surface area contributed by atoms with Crippen molar-refractivity contribution in [2.24, 2.45) is 0 Å².